The summed E-state index contributed by atoms with van der Waals surface area (Å²) in [5, 5.41) is 8.74. The fraction of sp³-hybridized carbons (Fsp3) is 0.889. The molecule has 1 heterocycles. The Morgan fingerprint density at radius 3 is 2.77 bits per heavy atom. The maximum atomic E-state index is 10.6. The lowest BCUT2D eigenvalue weighted by atomic mass is 10.1. The first-order valence-corrected chi connectivity index (χ1v) is 4.74. The largest absolute Gasteiger partial charge is 0.481 e. The van der Waals surface area contributed by atoms with E-state index in [0.717, 1.165) is 13.0 Å². The fourth-order valence-electron chi connectivity index (χ4n) is 1.72. The van der Waals surface area contributed by atoms with Crippen molar-refractivity contribution in [2.24, 2.45) is 11.7 Å². The minimum absolute atomic E-state index is 0.209. The van der Waals surface area contributed by atoms with Gasteiger partial charge in [0.1, 0.15) is 0 Å². The standard InChI is InChI=1S/C9H18N2O2/c1-6(9(12)13)5-11-4-3-8(10)7(11)2/h6-8H,3-5,10H2,1-2H3,(H,12,13). The van der Waals surface area contributed by atoms with Crippen LogP contribution >= 0.6 is 0 Å². The van der Waals surface area contributed by atoms with Crippen molar-refractivity contribution in [1.29, 1.82) is 0 Å². The topological polar surface area (TPSA) is 66.6 Å². The minimum atomic E-state index is -0.729. The van der Waals surface area contributed by atoms with Crippen molar-refractivity contribution in [2.45, 2.75) is 32.4 Å². The van der Waals surface area contributed by atoms with Crippen LogP contribution in [0, 0.1) is 5.92 Å². The highest BCUT2D eigenvalue weighted by molar-refractivity contribution is 5.69. The molecule has 1 aliphatic rings. The number of nitrogens with zero attached hydrogens (tertiary/aromatic N) is 1. The summed E-state index contributed by atoms with van der Waals surface area (Å²) >= 11 is 0. The van der Waals surface area contributed by atoms with Crippen molar-refractivity contribution in [1.82, 2.24) is 4.90 Å². The van der Waals surface area contributed by atoms with E-state index in [1.165, 1.54) is 0 Å². The lowest BCUT2D eigenvalue weighted by Gasteiger charge is -2.24. The van der Waals surface area contributed by atoms with Crippen LogP contribution < -0.4 is 5.73 Å². The van der Waals surface area contributed by atoms with Gasteiger partial charge in [0.05, 0.1) is 5.92 Å². The molecule has 1 fully saturated rings. The van der Waals surface area contributed by atoms with Crippen LogP contribution in [0.25, 0.3) is 0 Å². The van der Waals surface area contributed by atoms with E-state index in [9.17, 15) is 4.79 Å². The zero-order chi connectivity index (χ0) is 10.0. The Morgan fingerprint density at radius 2 is 2.38 bits per heavy atom. The summed E-state index contributed by atoms with van der Waals surface area (Å²) in [6.07, 6.45) is 0.980. The van der Waals surface area contributed by atoms with Crippen molar-refractivity contribution in [3.8, 4) is 0 Å². The van der Waals surface area contributed by atoms with Crippen molar-refractivity contribution in [2.75, 3.05) is 13.1 Å². The number of carboxylic acids is 1. The number of aliphatic carboxylic acids is 1. The molecule has 1 rings (SSSR count). The maximum absolute atomic E-state index is 10.6. The van der Waals surface area contributed by atoms with Crippen molar-refractivity contribution in [3.05, 3.63) is 0 Å². The highest BCUT2D eigenvalue weighted by Crippen LogP contribution is 2.17. The highest BCUT2D eigenvalue weighted by atomic mass is 16.4. The molecule has 3 unspecified atom stereocenters. The predicted octanol–water partition coefficient (Wildman–Crippen LogP) is 0.129. The zero-order valence-corrected chi connectivity index (χ0v) is 8.23. The molecule has 1 saturated heterocycles. The molecule has 0 aliphatic carbocycles. The van der Waals surface area contributed by atoms with Crippen LogP contribution in [-0.4, -0.2) is 41.1 Å². The summed E-state index contributed by atoms with van der Waals surface area (Å²) in [4.78, 5) is 12.8. The highest BCUT2D eigenvalue weighted by Gasteiger charge is 2.29. The second-order valence-corrected chi connectivity index (χ2v) is 3.93. The molecule has 0 bridgehead atoms. The molecule has 0 aromatic carbocycles. The van der Waals surface area contributed by atoms with Crippen molar-refractivity contribution < 1.29 is 9.90 Å². The van der Waals surface area contributed by atoms with E-state index in [-0.39, 0.29) is 12.0 Å². The van der Waals surface area contributed by atoms with Gasteiger partial charge in [-0.1, -0.05) is 6.92 Å². The van der Waals surface area contributed by atoms with Gasteiger partial charge in [0.15, 0.2) is 0 Å². The summed E-state index contributed by atoms with van der Waals surface area (Å²) in [6.45, 7) is 5.34. The molecule has 0 aromatic rings. The van der Waals surface area contributed by atoms with Crippen LogP contribution in [-0.2, 0) is 4.79 Å². The van der Waals surface area contributed by atoms with Crippen LogP contribution in [0.1, 0.15) is 20.3 Å². The fourth-order valence-corrected chi connectivity index (χ4v) is 1.72. The molecule has 3 N–H and O–H groups in total. The first kappa shape index (κ1) is 10.5. The zero-order valence-electron chi connectivity index (χ0n) is 8.23. The minimum Gasteiger partial charge on any atom is -0.481 e. The monoisotopic (exact) mass is 186 g/mol. The van der Waals surface area contributed by atoms with Gasteiger partial charge in [-0.3, -0.25) is 9.69 Å². The third-order valence-corrected chi connectivity index (χ3v) is 2.88. The lowest BCUT2D eigenvalue weighted by Crippen LogP contribution is -2.40. The number of likely N-dealkylation sites (tertiary alicyclic amines) is 1. The van der Waals surface area contributed by atoms with E-state index in [4.69, 9.17) is 10.8 Å². The average molecular weight is 186 g/mol. The number of hydrogen-bond acceptors (Lipinski definition) is 3. The molecular formula is C9H18N2O2. The number of rotatable bonds is 3. The number of hydrogen-bond donors (Lipinski definition) is 2. The summed E-state index contributed by atoms with van der Waals surface area (Å²) in [6, 6.07) is 0.530. The third-order valence-electron chi connectivity index (χ3n) is 2.88. The van der Waals surface area contributed by atoms with E-state index in [0.29, 0.717) is 12.6 Å². The molecule has 0 saturated carbocycles. The first-order chi connectivity index (χ1) is 6.02. The molecule has 1 aliphatic heterocycles. The van der Waals surface area contributed by atoms with Gasteiger partial charge in [0, 0.05) is 25.2 Å². The van der Waals surface area contributed by atoms with E-state index < -0.39 is 5.97 Å². The Hall–Kier alpha value is -0.610. The first-order valence-electron chi connectivity index (χ1n) is 4.74. The summed E-state index contributed by atoms with van der Waals surface area (Å²) in [7, 11) is 0. The van der Waals surface area contributed by atoms with Crippen LogP contribution in [0.5, 0.6) is 0 Å². The van der Waals surface area contributed by atoms with Gasteiger partial charge in [-0.15, -0.1) is 0 Å². The van der Waals surface area contributed by atoms with E-state index in [2.05, 4.69) is 11.8 Å². The SMILES string of the molecule is CC(CN1CCC(N)C1C)C(=O)O. The van der Waals surface area contributed by atoms with Crippen molar-refractivity contribution in [3.63, 3.8) is 0 Å². The Balaban J connectivity index is 2.42. The summed E-state index contributed by atoms with van der Waals surface area (Å²) < 4.78 is 0. The molecule has 76 valence electrons. The van der Waals surface area contributed by atoms with Gasteiger partial charge in [-0.25, -0.2) is 0 Å². The second-order valence-electron chi connectivity index (χ2n) is 3.93. The number of carboxylic acid groups (broad SMARTS) is 1. The van der Waals surface area contributed by atoms with Crippen LogP contribution in [0.4, 0.5) is 0 Å². The van der Waals surface area contributed by atoms with E-state index in [1.807, 2.05) is 0 Å². The molecule has 4 nitrogen and oxygen atoms in total. The summed E-state index contributed by atoms with van der Waals surface area (Å²) in [5.74, 6) is -1.03. The second kappa shape index (κ2) is 4.07. The quantitative estimate of drug-likeness (QED) is 0.657. The molecule has 4 heteroatoms. The smallest absolute Gasteiger partial charge is 0.307 e. The Bertz CT molecular complexity index is 196. The normalized spacial score (nSPS) is 31.9. The molecule has 0 amide bonds. The van der Waals surface area contributed by atoms with Gasteiger partial charge in [-0.05, 0) is 13.3 Å². The van der Waals surface area contributed by atoms with Crippen LogP contribution in [0.15, 0.2) is 0 Å². The number of nitrogens with two attached hydrogens (primary N) is 1. The van der Waals surface area contributed by atoms with Gasteiger partial charge in [0.2, 0.25) is 0 Å². The van der Waals surface area contributed by atoms with Gasteiger partial charge >= 0.3 is 5.97 Å². The molecule has 13 heavy (non-hydrogen) atoms. The number of carbonyl (C=O) groups is 1. The molecule has 0 aromatic heterocycles. The van der Waals surface area contributed by atoms with Gasteiger partial charge in [0.25, 0.3) is 0 Å². The van der Waals surface area contributed by atoms with Crippen molar-refractivity contribution >= 4 is 5.97 Å². The maximum Gasteiger partial charge on any atom is 0.307 e. The molecule has 0 spiro atoms. The van der Waals surface area contributed by atoms with Gasteiger partial charge < -0.3 is 10.8 Å². The third kappa shape index (κ3) is 2.42. The average Bonchev–Trinajstić information content (AvgIpc) is 2.36. The predicted molar refractivity (Wildman–Crippen MR) is 50.4 cm³/mol. The Labute approximate surface area is 78.7 Å². The van der Waals surface area contributed by atoms with Crippen LogP contribution in [0.3, 0.4) is 0 Å². The Kier molecular flexibility index (Phi) is 3.27. The molecule has 3 atom stereocenters. The molecular weight excluding hydrogens is 168 g/mol. The summed E-state index contributed by atoms with van der Waals surface area (Å²) in [5.41, 5.74) is 5.83. The van der Waals surface area contributed by atoms with Gasteiger partial charge in [-0.2, -0.15) is 0 Å². The lowest BCUT2D eigenvalue weighted by molar-refractivity contribution is -0.141. The molecule has 0 radical (unpaired) electrons. The van der Waals surface area contributed by atoms with E-state index in [1.54, 1.807) is 6.92 Å². The van der Waals surface area contributed by atoms with Crippen LogP contribution in [0.2, 0.25) is 0 Å². The van der Waals surface area contributed by atoms with E-state index >= 15 is 0 Å². The Morgan fingerprint density at radius 1 is 1.77 bits per heavy atom.